The number of carbonyl (C=O) groups excluding carboxylic acids is 1. The number of amides is 1. The molecule has 0 fully saturated rings. The Bertz CT molecular complexity index is 1240. The number of ether oxygens (including phenoxy) is 1. The van der Waals surface area contributed by atoms with Gasteiger partial charge in [-0.2, -0.15) is 5.10 Å². The third-order valence-electron chi connectivity index (χ3n) is 5.75. The molecule has 0 aliphatic heterocycles. The summed E-state index contributed by atoms with van der Waals surface area (Å²) in [6.45, 7) is 2.06. The fourth-order valence-corrected chi connectivity index (χ4v) is 3.94. The van der Waals surface area contributed by atoms with Crippen LogP contribution in [0.15, 0.2) is 84.9 Å². The number of nitrogens with zero attached hydrogens (tertiary/aromatic N) is 2. The van der Waals surface area contributed by atoms with Crippen molar-refractivity contribution in [3.63, 3.8) is 0 Å². The van der Waals surface area contributed by atoms with Gasteiger partial charge in [0.1, 0.15) is 11.6 Å². The molecule has 3 aromatic carbocycles. The maximum absolute atomic E-state index is 13.9. The number of methoxy groups -OCH3 is 1. The van der Waals surface area contributed by atoms with Crippen LogP contribution in [0.1, 0.15) is 37.1 Å². The minimum Gasteiger partial charge on any atom is -0.497 e. The Morgan fingerprint density at radius 3 is 2.47 bits per heavy atom. The van der Waals surface area contributed by atoms with Crippen LogP contribution >= 0.6 is 0 Å². The fourth-order valence-electron chi connectivity index (χ4n) is 3.94. The molecule has 0 bridgehead atoms. The highest BCUT2D eigenvalue weighted by Crippen LogP contribution is 2.26. The molecule has 6 heteroatoms. The van der Waals surface area contributed by atoms with E-state index in [-0.39, 0.29) is 17.8 Å². The van der Waals surface area contributed by atoms with Gasteiger partial charge in [-0.05, 0) is 54.4 Å². The predicted octanol–water partition coefficient (Wildman–Crippen LogP) is 5.89. The number of hydrogen-bond donors (Lipinski definition) is 1. The molecule has 0 saturated carbocycles. The minimum absolute atomic E-state index is 0.0200. The van der Waals surface area contributed by atoms with Crippen molar-refractivity contribution in [2.75, 3.05) is 7.11 Å². The van der Waals surface area contributed by atoms with Crippen molar-refractivity contribution in [3.8, 4) is 22.7 Å². The van der Waals surface area contributed by atoms with Crippen LogP contribution in [0.3, 0.4) is 0 Å². The van der Waals surface area contributed by atoms with E-state index < -0.39 is 0 Å². The largest absolute Gasteiger partial charge is 0.497 e. The average Bonchev–Trinajstić information content (AvgIpc) is 3.31. The lowest BCUT2D eigenvalue weighted by Crippen LogP contribution is -2.28. The molecule has 34 heavy (non-hydrogen) atoms. The molecule has 0 spiro atoms. The van der Waals surface area contributed by atoms with Gasteiger partial charge in [0.05, 0.1) is 30.2 Å². The van der Waals surface area contributed by atoms with Crippen molar-refractivity contribution in [3.05, 3.63) is 102 Å². The zero-order valence-corrected chi connectivity index (χ0v) is 19.4. The van der Waals surface area contributed by atoms with Crippen LogP contribution in [0.5, 0.6) is 5.75 Å². The van der Waals surface area contributed by atoms with Gasteiger partial charge >= 0.3 is 0 Å². The number of aryl methyl sites for hydroxylation is 1. The van der Waals surface area contributed by atoms with Crippen LogP contribution in [0.25, 0.3) is 16.9 Å². The maximum atomic E-state index is 13.9. The molecule has 1 unspecified atom stereocenters. The van der Waals surface area contributed by atoms with E-state index in [0.29, 0.717) is 18.4 Å². The molecule has 0 aliphatic carbocycles. The molecule has 1 aromatic heterocycles. The Balaban J connectivity index is 1.54. The van der Waals surface area contributed by atoms with Gasteiger partial charge in [-0.25, -0.2) is 9.07 Å². The van der Waals surface area contributed by atoms with E-state index in [1.807, 2.05) is 66.7 Å². The SMILES string of the molecule is CCC(NC(=O)CCc1cc(-c2cccc(F)c2)n(-c2ccc(OC)cc2)n1)c1ccccc1. The van der Waals surface area contributed by atoms with E-state index in [1.54, 1.807) is 17.9 Å². The van der Waals surface area contributed by atoms with Crippen LogP contribution in [0.2, 0.25) is 0 Å². The quantitative estimate of drug-likeness (QED) is 0.341. The molecular weight excluding hydrogens is 429 g/mol. The maximum Gasteiger partial charge on any atom is 0.220 e. The Labute approximate surface area is 199 Å². The second kappa shape index (κ2) is 10.8. The Morgan fingerprint density at radius 2 is 1.79 bits per heavy atom. The first-order chi connectivity index (χ1) is 16.6. The van der Waals surface area contributed by atoms with Gasteiger partial charge in [0.25, 0.3) is 0 Å². The van der Waals surface area contributed by atoms with Gasteiger partial charge < -0.3 is 10.1 Å². The number of halogens is 1. The van der Waals surface area contributed by atoms with Crippen LogP contribution in [0.4, 0.5) is 4.39 Å². The smallest absolute Gasteiger partial charge is 0.220 e. The van der Waals surface area contributed by atoms with Gasteiger partial charge in [-0.1, -0.05) is 49.4 Å². The molecule has 0 radical (unpaired) electrons. The highest BCUT2D eigenvalue weighted by atomic mass is 19.1. The van der Waals surface area contributed by atoms with Gasteiger partial charge in [-0.15, -0.1) is 0 Å². The number of nitrogens with one attached hydrogen (secondary N) is 1. The van der Waals surface area contributed by atoms with Crippen molar-refractivity contribution in [2.24, 2.45) is 0 Å². The van der Waals surface area contributed by atoms with E-state index in [4.69, 9.17) is 9.84 Å². The van der Waals surface area contributed by atoms with Crippen LogP contribution in [-0.2, 0) is 11.2 Å². The van der Waals surface area contributed by atoms with Gasteiger partial charge in [0.2, 0.25) is 5.91 Å². The van der Waals surface area contributed by atoms with E-state index in [9.17, 15) is 9.18 Å². The summed E-state index contributed by atoms with van der Waals surface area (Å²) in [6, 6.07) is 25.8. The molecule has 1 amide bonds. The van der Waals surface area contributed by atoms with Crippen molar-refractivity contribution in [1.29, 1.82) is 0 Å². The van der Waals surface area contributed by atoms with Crippen molar-refractivity contribution in [1.82, 2.24) is 15.1 Å². The lowest BCUT2D eigenvalue weighted by molar-refractivity contribution is -0.121. The number of hydrogen-bond acceptors (Lipinski definition) is 3. The van der Waals surface area contributed by atoms with Crippen LogP contribution in [-0.4, -0.2) is 22.8 Å². The van der Waals surface area contributed by atoms with E-state index in [0.717, 1.165) is 34.8 Å². The predicted molar refractivity (Wildman–Crippen MR) is 131 cm³/mol. The molecule has 1 atom stereocenters. The molecule has 1 heterocycles. The topological polar surface area (TPSA) is 56.2 Å². The highest BCUT2D eigenvalue weighted by Gasteiger charge is 2.16. The summed E-state index contributed by atoms with van der Waals surface area (Å²) in [4.78, 5) is 12.7. The Kier molecular flexibility index (Phi) is 7.38. The molecule has 1 N–H and O–H groups in total. The first-order valence-corrected chi connectivity index (χ1v) is 11.4. The zero-order chi connectivity index (χ0) is 23.9. The first kappa shape index (κ1) is 23.2. The van der Waals surface area contributed by atoms with Crippen LogP contribution in [0, 0.1) is 5.82 Å². The normalized spacial score (nSPS) is 11.7. The number of carbonyl (C=O) groups is 1. The first-order valence-electron chi connectivity index (χ1n) is 11.4. The minimum atomic E-state index is -0.313. The van der Waals surface area contributed by atoms with Crippen molar-refractivity contribution < 1.29 is 13.9 Å². The van der Waals surface area contributed by atoms with Gasteiger partial charge in [0.15, 0.2) is 0 Å². The molecule has 5 nitrogen and oxygen atoms in total. The average molecular weight is 458 g/mol. The second-order valence-corrected chi connectivity index (χ2v) is 8.08. The van der Waals surface area contributed by atoms with E-state index >= 15 is 0 Å². The second-order valence-electron chi connectivity index (χ2n) is 8.08. The summed E-state index contributed by atoms with van der Waals surface area (Å²) < 4.78 is 21.0. The van der Waals surface area contributed by atoms with Gasteiger partial charge in [0, 0.05) is 18.4 Å². The molecule has 4 aromatic rings. The fraction of sp³-hybridized carbons (Fsp3) is 0.214. The standard InChI is InChI=1S/C28H28FN3O2/c1-3-26(20-8-5-4-6-9-20)30-28(33)17-12-23-19-27(21-10-7-11-22(29)18-21)32(31-23)24-13-15-25(34-2)16-14-24/h4-11,13-16,18-19,26H,3,12,17H2,1-2H3,(H,30,33). The summed E-state index contributed by atoms with van der Waals surface area (Å²) in [5.74, 6) is 0.401. The molecule has 0 aliphatic rings. The van der Waals surface area contributed by atoms with E-state index in [1.165, 1.54) is 12.1 Å². The van der Waals surface area contributed by atoms with E-state index in [2.05, 4.69) is 12.2 Å². The van der Waals surface area contributed by atoms with Crippen molar-refractivity contribution in [2.45, 2.75) is 32.2 Å². The highest BCUT2D eigenvalue weighted by molar-refractivity contribution is 5.76. The number of aromatic nitrogens is 2. The summed E-state index contributed by atoms with van der Waals surface area (Å²) in [6.07, 6.45) is 1.60. The molecule has 0 saturated heterocycles. The molecule has 174 valence electrons. The Morgan fingerprint density at radius 1 is 1.03 bits per heavy atom. The monoisotopic (exact) mass is 457 g/mol. The summed E-state index contributed by atoms with van der Waals surface area (Å²) >= 11 is 0. The number of benzene rings is 3. The molecular formula is C28H28FN3O2. The van der Waals surface area contributed by atoms with Crippen molar-refractivity contribution >= 4 is 5.91 Å². The third-order valence-corrected chi connectivity index (χ3v) is 5.75. The lowest BCUT2D eigenvalue weighted by atomic mass is 10.0. The Hall–Kier alpha value is -3.93. The van der Waals surface area contributed by atoms with Gasteiger partial charge in [-0.3, -0.25) is 4.79 Å². The summed E-state index contributed by atoms with van der Waals surface area (Å²) in [5, 5.41) is 7.87. The third kappa shape index (κ3) is 5.52. The zero-order valence-electron chi connectivity index (χ0n) is 19.4. The molecule has 4 rings (SSSR count). The lowest BCUT2D eigenvalue weighted by Gasteiger charge is -2.17. The summed E-state index contributed by atoms with van der Waals surface area (Å²) in [5.41, 5.74) is 4.16. The summed E-state index contributed by atoms with van der Waals surface area (Å²) in [7, 11) is 1.62. The van der Waals surface area contributed by atoms with Crippen LogP contribution < -0.4 is 10.1 Å². The number of rotatable bonds is 9.